The number of hydrogen-bond acceptors (Lipinski definition) is 4. The van der Waals surface area contributed by atoms with Crippen LogP contribution in [0.25, 0.3) is 0 Å². The molecule has 2 atom stereocenters. The number of ether oxygens (including phenoxy) is 1. The molecule has 1 saturated heterocycles. The van der Waals surface area contributed by atoms with Crippen LogP contribution >= 0.6 is 23.2 Å². The van der Waals surface area contributed by atoms with E-state index in [1.54, 1.807) is 12.1 Å². The van der Waals surface area contributed by atoms with Gasteiger partial charge in [0.15, 0.2) is 0 Å². The highest BCUT2D eigenvalue weighted by atomic mass is 35.5. The van der Waals surface area contributed by atoms with Gasteiger partial charge >= 0.3 is 5.97 Å². The van der Waals surface area contributed by atoms with Gasteiger partial charge in [-0.1, -0.05) is 29.3 Å². The number of methoxy groups -OCH3 is 1. The van der Waals surface area contributed by atoms with Gasteiger partial charge in [-0.05, 0) is 12.1 Å². The third-order valence-electron chi connectivity index (χ3n) is 3.20. The van der Waals surface area contributed by atoms with Crippen LogP contribution in [0.5, 0.6) is 0 Å². The van der Waals surface area contributed by atoms with Gasteiger partial charge in [-0.2, -0.15) is 0 Å². The molecule has 1 aromatic carbocycles. The van der Waals surface area contributed by atoms with Gasteiger partial charge in [-0.15, -0.1) is 0 Å². The minimum atomic E-state index is -0.808. The van der Waals surface area contributed by atoms with Crippen molar-refractivity contribution in [2.45, 2.75) is 18.6 Å². The zero-order chi connectivity index (χ0) is 14.9. The number of carbonyl (C=O) groups is 2. The molecule has 2 rings (SSSR count). The minimum absolute atomic E-state index is 0.0570. The van der Waals surface area contributed by atoms with Crippen molar-refractivity contribution in [1.29, 1.82) is 0 Å². The Bertz CT molecular complexity index is 549. The van der Waals surface area contributed by atoms with Crippen molar-refractivity contribution < 1.29 is 19.4 Å². The SMILES string of the molecule is COC(=O)C1CC(O)CN1C(=O)c1cccc(Cl)c1Cl. The minimum Gasteiger partial charge on any atom is -0.467 e. The van der Waals surface area contributed by atoms with Gasteiger partial charge in [0.1, 0.15) is 6.04 Å². The van der Waals surface area contributed by atoms with E-state index in [-0.39, 0.29) is 28.6 Å². The van der Waals surface area contributed by atoms with Crippen molar-refractivity contribution >= 4 is 35.1 Å². The molecule has 5 nitrogen and oxygen atoms in total. The maximum Gasteiger partial charge on any atom is 0.328 e. The van der Waals surface area contributed by atoms with Crippen molar-refractivity contribution in [3.05, 3.63) is 33.8 Å². The number of hydrogen-bond donors (Lipinski definition) is 1. The summed E-state index contributed by atoms with van der Waals surface area (Å²) in [6.45, 7) is 0.0570. The molecule has 2 unspecified atom stereocenters. The number of rotatable bonds is 2. The van der Waals surface area contributed by atoms with E-state index in [1.165, 1.54) is 18.1 Å². The molecule has 1 aromatic rings. The molecule has 0 spiro atoms. The van der Waals surface area contributed by atoms with E-state index in [0.29, 0.717) is 0 Å². The Morgan fingerprint density at radius 1 is 1.40 bits per heavy atom. The smallest absolute Gasteiger partial charge is 0.328 e. The Morgan fingerprint density at radius 3 is 2.75 bits per heavy atom. The second-order valence-corrected chi connectivity index (χ2v) is 5.27. The Balaban J connectivity index is 2.31. The molecule has 0 bridgehead atoms. The number of carbonyl (C=O) groups excluding carboxylic acids is 2. The van der Waals surface area contributed by atoms with E-state index < -0.39 is 24.0 Å². The highest BCUT2D eigenvalue weighted by Gasteiger charge is 2.40. The van der Waals surface area contributed by atoms with Crippen LogP contribution < -0.4 is 0 Å². The average Bonchev–Trinajstić information content (AvgIpc) is 2.82. The first-order valence-corrected chi connectivity index (χ1v) is 6.72. The summed E-state index contributed by atoms with van der Waals surface area (Å²) >= 11 is 11.9. The van der Waals surface area contributed by atoms with Gasteiger partial charge in [-0.25, -0.2) is 4.79 Å². The number of β-amino-alcohol motifs (C(OH)–C–C–N with tert-alkyl or cyclic N) is 1. The molecule has 0 aromatic heterocycles. The maximum absolute atomic E-state index is 12.5. The van der Waals surface area contributed by atoms with Gasteiger partial charge < -0.3 is 14.7 Å². The summed E-state index contributed by atoms with van der Waals surface area (Å²) in [5, 5.41) is 10.1. The molecule has 1 heterocycles. The lowest BCUT2D eigenvalue weighted by Gasteiger charge is -2.23. The van der Waals surface area contributed by atoms with Crippen molar-refractivity contribution in [3.8, 4) is 0 Å². The normalized spacial score (nSPS) is 21.9. The topological polar surface area (TPSA) is 66.8 Å². The highest BCUT2D eigenvalue weighted by molar-refractivity contribution is 6.43. The predicted molar refractivity (Wildman–Crippen MR) is 73.9 cm³/mol. The molecule has 0 radical (unpaired) electrons. The lowest BCUT2D eigenvalue weighted by molar-refractivity contribution is -0.145. The number of benzene rings is 1. The molecule has 1 N–H and O–H groups in total. The van der Waals surface area contributed by atoms with E-state index in [1.807, 2.05) is 0 Å². The second kappa shape index (κ2) is 5.99. The molecule has 7 heteroatoms. The van der Waals surface area contributed by atoms with E-state index in [9.17, 15) is 14.7 Å². The van der Waals surface area contributed by atoms with Gasteiger partial charge in [-0.3, -0.25) is 4.79 Å². The van der Waals surface area contributed by atoms with Crippen LogP contribution in [0.2, 0.25) is 10.0 Å². The first-order chi connectivity index (χ1) is 9.45. The quantitative estimate of drug-likeness (QED) is 0.844. The number of aliphatic hydroxyl groups is 1. The van der Waals surface area contributed by atoms with Crippen molar-refractivity contribution in [3.63, 3.8) is 0 Å². The Morgan fingerprint density at radius 2 is 2.10 bits per heavy atom. The van der Waals surface area contributed by atoms with Crippen LogP contribution in [0, 0.1) is 0 Å². The summed E-state index contributed by atoms with van der Waals surface area (Å²) in [5.74, 6) is -1.02. The molecule has 0 aliphatic carbocycles. The van der Waals surface area contributed by atoms with Gasteiger partial charge in [0.05, 0.1) is 28.8 Å². The largest absolute Gasteiger partial charge is 0.467 e. The maximum atomic E-state index is 12.5. The zero-order valence-electron chi connectivity index (χ0n) is 10.7. The molecular formula is C13H13Cl2NO4. The van der Waals surface area contributed by atoms with Crippen LogP contribution in [0.3, 0.4) is 0 Å². The number of aliphatic hydroxyl groups excluding tert-OH is 1. The summed E-state index contributed by atoms with van der Waals surface area (Å²) in [4.78, 5) is 25.4. The Hall–Kier alpha value is -1.30. The van der Waals surface area contributed by atoms with Crippen molar-refractivity contribution in [1.82, 2.24) is 4.90 Å². The predicted octanol–water partition coefficient (Wildman–Crippen LogP) is 1.74. The Labute approximate surface area is 126 Å². The number of likely N-dealkylation sites (tertiary alicyclic amines) is 1. The summed E-state index contributed by atoms with van der Waals surface area (Å²) in [5.41, 5.74) is 0.196. The van der Waals surface area contributed by atoms with E-state index >= 15 is 0 Å². The molecule has 20 heavy (non-hydrogen) atoms. The fourth-order valence-electron chi connectivity index (χ4n) is 2.22. The lowest BCUT2D eigenvalue weighted by Crippen LogP contribution is -2.41. The summed E-state index contributed by atoms with van der Waals surface area (Å²) in [6, 6.07) is 3.88. The summed E-state index contributed by atoms with van der Waals surface area (Å²) in [6.07, 6.45) is -0.614. The fourth-order valence-corrected chi connectivity index (χ4v) is 2.60. The third kappa shape index (κ3) is 2.75. The number of nitrogens with zero attached hydrogens (tertiary/aromatic N) is 1. The zero-order valence-corrected chi connectivity index (χ0v) is 12.2. The fraction of sp³-hybridized carbons (Fsp3) is 0.385. The second-order valence-electron chi connectivity index (χ2n) is 4.49. The molecule has 0 saturated carbocycles. The van der Waals surface area contributed by atoms with Crippen LogP contribution in [0.15, 0.2) is 18.2 Å². The number of esters is 1. The van der Waals surface area contributed by atoms with E-state index in [2.05, 4.69) is 4.74 Å². The standard InChI is InChI=1S/C13H13Cl2NO4/c1-20-13(19)10-5-7(17)6-16(10)12(18)8-3-2-4-9(14)11(8)15/h2-4,7,10,17H,5-6H2,1H3. The molecule has 1 aliphatic rings. The summed E-state index contributed by atoms with van der Waals surface area (Å²) in [7, 11) is 1.24. The highest BCUT2D eigenvalue weighted by Crippen LogP contribution is 2.29. The molecule has 1 aliphatic heterocycles. The average molecular weight is 318 g/mol. The van der Waals surface area contributed by atoms with Crippen LogP contribution in [0.4, 0.5) is 0 Å². The lowest BCUT2D eigenvalue weighted by atomic mass is 10.1. The van der Waals surface area contributed by atoms with E-state index in [4.69, 9.17) is 23.2 Å². The Kier molecular flexibility index (Phi) is 4.52. The monoisotopic (exact) mass is 317 g/mol. The van der Waals surface area contributed by atoms with Gasteiger partial charge in [0, 0.05) is 13.0 Å². The first-order valence-electron chi connectivity index (χ1n) is 5.96. The molecule has 108 valence electrons. The van der Waals surface area contributed by atoms with Crippen LogP contribution in [0.1, 0.15) is 16.8 Å². The third-order valence-corrected chi connectivity index (χ3v) is 4.01. The number of halogens is 2. The summed E-state index contributed by atoms with van der Waals surface area (Å²) < 4.78 is 4.65. The van der Waals surface area contributed by atoms with Gasteiger partial charge in [0.2, 0.25) is 0 Å². The van der Waals surface area contributed by atoms with E-state index in [0.717, 1.165) is 0 Å². The van der Waals surface area contributed by atoms with Crippen molar-refractivity contribution in [2.24, 2.45) is 0 Å². The molecule has 1 amide bonds. The van der Waals surface area contributed by atoms with Gasteiger partial charge in [0.25, 0.3) is 5.91 Å². The molecule has 1 fully saturated rings. The van der Waals surface area contributed by atoms with Crippen LogP contribution in [-0.2, 0) is 9.53 Å². The molecular weight excluding hydrogens is 305 g/mol. The number of amides is 1. The van der Waals surface area contributed by atoms with Crippen LogP contribution in [-0.4, -0.2) is 47.7 Å². The van der Waals surface area contributed by atoms with Crippen molar-refractivity contribution in [2.75, 3.05) is 13.7 Å². The first kappa shape index (κ1) is 15.1.